The zero-order valence-corrected chi connectivity index (χ0v) is 13.7. The third kappa shape index (κ3) is 4.04. The molecule has 0 spiro atoms. The Hall–Kier alpha value is -2.11. The fourth-order valence-corrected chi connectivity index (χ4v) is 2.69. The highest BCUT2D eigenvalue weighted by molar-refractivity contribution is 6.31. The highest BCUT2D eigenvalue weighted by atomic mass is 35.5. The van der Waals surface area contributed by atoms with Gasteiger partial charge in [-0.15, -0.1) is 0 Å². The monoisotopic (exact) mass is 349 g/mol. The molecule has 6 heteroatoms. The zero-order valence-electron chi connectivity index (χ0n) is 12.9. The summed E-state index contributed by atoms with van der Waals surface area (Å²) < 4.78 is 24.5. The van der Waals surface area contributed by atoms with Gasteiger partial charge in [-0.05, 0) is 43.2 Å². The Bertz CT molecular complexity index is 732. The average molecular weight is 350 g/mol. The number of rotatable bonds is 5. The number of hydrogen-bond acceptors (Lipinski definition) is 3. The molecule has 0 aromatic heterocycles. The van der Waals surface area contributed by atoms with Gasteiger partial charge in [0.05, 0.1) is 16.7 Å². The van der Waals surface area contributed by atoms with Crippen molar-refractivity contribution in [3.8, 4) is 5.75 Å². The largest absolute Gasteiger partial charge is 0.490 e. The van der Waals surface area contributed by atoms with Crippen molar-refractivity contribution in [3.05, 3.63) is 58.9 Å². The van der Waals surface area contributed by atoms with E-state index in [1.807, 2.05) is 0 Å². The maximum atomic E-state index is 13.2. The molecule has 1 N–H and O–H groups in total. The SMILES string of the molecule is O=C(Nc1ccc(F)c(Cl)c1)c1ccccc1OC[C@H]1CCCO1. The molecule has 1 amide bonds. The Balaban J connectivity index is 1.70. The topological polar surface area (TPSA) is 47.6 Å². The molecular formula is C18H17ClFNO3. The van der Waals surface area contributed by atoms with Crippen LogP contribution in [0.1, 0.15) is 23.2 Å². The van der Waals surface area contributed by atoms with E-state index in [4.69, 9.17) is 21.1 Å². The van der Waals surface area contributed by atoms with Gasteiger partial charge in [-0.2, -0.15) is 0 Å². The van der Waals surface area contributed by atoms with Crippen molar-refractivity contribution in [3.63, 3.8) is 0 Å². The van der Waals surface area contributed by atoms with E-state index in [9.17, 15) is 9.18 Å². The molecule has 4 nitrogen and oxygen atoms in total. The number of benzene rings is 2. The van der Waals surface area contributed by atoms with Gasteiger partial charge in [-0.25, -0.2) is 4.39 Å². The van der Waals surface area contributed by atoms with Gasteiger partial charge in [-0.3, -0.25) is 4.79 Å². The lowest BCUT2D eigenvalue weighted by molar-refractivity contribution is 0.0673. The lowest BCUT2D eigenvalue weighted by Gasteiger charge is -2.14. The number of carbonyl (C=O) groups is 1. The van der Waals surface area contributed by atoms with Crippen LogP contribution in [0.2, 0.25) is 5.02 Å². The first-order chi connectivity index (χ1) is 11.6. The van der Waals surface area contributed by atoms with Crippen LogP contribution >= 0.6 is 11.6 Å². The van der Waals surface area contributed by atoms with Gasteiger partial charge in [0.25, 0.3) is 5.91 Å². The molecular weight excluding hydrogens is 333 g/mol. The van der Waals surface area contributed by atoms with Crippen LogP contribution in [0, 0.1) is 5.82 Å². The molecule has 2 aromatic rings. The van der Waals surface area contributed by atoms with Crippen LogP contribution in [0.4, 0.5) is 10.1 Å². The molecule has 1 heterocycles. The lowest BCUT2D eigenvalue weighted by Crippen LogP contribution is -2.19. The highest BCUT2D eigenvalue weighted by Gasteiger charge is 2.18. The number of para-hydroxylation sites is 1. The normalized spacial score (nSPS) is 16.8. The van der Waals surface area contributed by atoms with E-state index in [1.54, 1.807) is 24.3 Å². The molecule has 1 saturated heterocycles. The van der Waals surface area contributed by atoms with Crippen LogP contribution in [0.25, 0.3) is 0 Å². The Kier molecular flexibility index (Phi) is 5.33. The number of anilines is 1. The van der Waals surface area contributed by atoms with E-state index in [1.165, 1.54) is 18.2 Å². The molecule has 1 aliphatic rings. The summed E-state index contributed by atoms with van der Waals surface area (Å²) in [6.07, 6.45) is 2.06. The molecule has 0 radical (unpaired) electrons. The third-order valence-electron chi connectivity index (χ3n) is 3.76. The van der Waals surface area contributed by atoms with E-state index >= 15 is 0 Å². The first-order valence-corrected chi connectivity index (χ1v) is 8.11. The summed E-state index contributed by atoms with van der Waals surface area (Å²) in [5.74, 6) is -0.394. The summed E-state index contributed by atoms with van der Waals surface area (Å²) in [7, 11) is 0. The van der Waals surface area contributed by atoms with Crippen molar-refractivity contribution >= 4 is 23.2 Å². The highest BCUT2D eigenvalue weighted by Crippen LogP contribution is 2.23. The number of carbonyl (C=O) groups excluding carboxylic acids is 1. The Morgan fingerprint density at radius 1 is 1.33 bits per heavy atom. The van der Waals surface area contributed by atoms with Gasteiger partial charge >= 0.3 is 0 Å². The van der Waals surface area contributed by atoms with Crippen LogP contribution in [0.5, 0.6) is 5.75 Å². The van der Waals surface area contributed by atoms with Crippen molar-refractivity contribution in [1.82, 2.24) is 0 Å². The van der Waals surface area contributed by atoms with Gasteiger partial charge in [0.2, 0.25) is 0 Å². The molecule has 24 heavy (non-hydrogen) atoms. The molecule has 0 aliphatic carbocycles. The van der Waals surface area contributed by atoms with E-state index in [0.717, 1.165) is 19.4 Å². The second-order valence-corrected chi connectivity index (χ2v) is 5.93. The Morgan fingerprint density at radius 3 is 2.92 bits per heavy atom. The third-order valence-corrected chi connectivity index (χ3v) is 4.05. The van der Waals surface area contributed by atoms with Crippen molar-refractivity contribution in [2.45, 2.75) is 18.9 Å². The standard InChI is InChI=1S/C18H17ClFNO3/c19-15-10-12(7-8-16(15)20)21-18(22)14-5-1-2-6-17(14)24-11-13-4-3-9-23-13/h1-2,5-8,10,13H,3-4,9,11H2,(H,21,22)/t13-/m1/s1. The van der Waals surface area contributed by atoms with Crippen molar-refractivity contribution in [1.29, 1.82) is 0 Å². The lowest BCUT2D eigenvalue weighted by atomic mass is 10.1. The van der Waals surface area contributed by atoms with Gasteiger partial charge in [0.1, 0.15) is 18.2 Å². The van der Waals surface area contributed by atoms with E-state index in [-0.39, 0.29) is 17.0 Å². The minimum absolute atomic E-state index is 0.0456. The number of nitrogens with one attached hydrogen (secondary N) is 1. The maximum absolute atomic E-state index is 13.2. The molecule has 3 rings (SSSR count). The molecule has 1 aliphatic heterocycles. The van der Waals surface area contributed by atoms with Crippen LogP contribution in [-0.2, 0) is 4.74 Å². The first kappa shape index (κ1) is 16.7. The van der Waals surface area contributed by atoms with Gasteiger partial charge in [0.15, 0.2) is 0 Å². The molecule has 0 saturated carbocycles. The van der Waals surface area contributed by atoms with Crippen molar-refractivity contribution < 1.29 is 18.7 Å². The van der Waals surface area contributed by atoms with E-state index in [2.05, 4.69) is 5.32 Å². The summed E-state index contributed by atoms with van der Waals surface area (Å²) >= 11 is 5.73. The summed E-state index contributed by atoms with van der Waals surface area (Å²) in [4.78, 5) is 12.5. The van der Waals surface area contributed by atoms with Crippen LogP contribution in [0.3, 0.4) is 0 Å². The Morgan fingerprint density at radius 2 is 2.17 bits per heavy atom. The average Bonchev–Trinajstić information content (AvgIpc) is 3.10. The molecule has 0 bridgehead atoms. The summed E-state index contributed by atoms with van der Waals surface area (Å²) in [6, 6.07) is 11.0. The smallest absolute Gasteiger partial charge is 0.259 e. The number of hydrogen-bond donors (Lipinski definition) is 1. The summed E-state index contributed by atoms with van der Waals surface area (Å²) in [5, 5.41) is 2.65. The number of ether oxygens (including phenoxy) is 2. The van der Waals surface area contributed by atoms with E-state index in [0.29, 0.717) is 23.6 Å². The predicted molar refractivity (Wildman–Crippen MR) is 90.3 cm³/mol. The molecule has 0 unspecified atom stereocenters. The first-order valence-electron chi connectivity index (χ1n) is 7.73. The Labute approximate surface area is 144 Å². The van der Waals surface area contributed by atoms with Crippen molar-refractivity contribution in [2.75, 3.05) is 18.5 Å². The minimum Gasteiger partial charge on any atom is -0.490 e. The number of halogens is 2. The fourth-order valence-electron chi connectivity index (χ4n) is 2.51. The van der Waals surface area contributed by atoms with Crippen LogP contribution in [0.15, 0.2) is 42.5 Å². The quantitative estimate of drug-likeness (QED) is 0.876. The van der Waals surface area contributed by atoms with Gasteiger partial charge < -0.3 is 14.8 Å². The van der Waals surface area contributed by atoms with Crippen LogP contribution < -0.4 is 10.1 Å². The zero-order chi connectivity index (χ0) is 16.9. The fraction of sp³-hybridized carbons (Fsp3) is 0.278. The second kappa shape index (κ2) is 7.64. The van der Waals surface area contributed by atoms with Crippen LogP contribution in [-0.4, -0.2) is 25.2 Å². The predicted octanol–water partition coefficient (Wildman–Crippen LogP) is 4.29. The molecule has 2 aromatic carbocycles. The molecule has 126 valence electrons. The maximum Gasteiger partial charge on any atom is 0.259 e. The summed E-state index contributed by atoms with van der Waals surface area (Å²) in [5.41, 5.74) is 0.816. The minimum atomic E-state index is -0.532. The number of amides is 1. The van der Waals surface area contributed by atoms with Gasteiger partial charge in [-0.1, -0.05) is 23.7 Å². The van der Waals surface area contributed by atoms with Crippen molar-refractivity contribution in [2.24, 2.45) is 0 Å². The van der Waals surface area contributed by atoms with E-state index < -0.39 is 5.82 Å². The van der Waals surface area contributed by atoms with Gasteiger partial charge in [0, 0.05) is 12.3 Å². The molecule has 1 fully saturated rings. The second-order valence-electron chi connectivity index (χ2n) is 5.53. The summed E-state index contributed by atoms with van der Waals surface area (Å²) in [6.45, 7) is 1.16. The molecule has 1 atom stereocenters.